The first-order valence-corrected chi connectivity index (χ1v) is 10.4. The van der Waals surface area contributed by atoms with E-state index < -0.39 is 0 Å². The number of hydrogen-bond donors (Lipinski definition) is 1. The fourth-order valence-electron chi connectivity index (χ4n) is 4.01. The van der Waals surface area contributed by atoms with E-state index >= 15 is 0 Å². The molecule has 1 amide bonds. The molecule has 0 spiro atoms. The smallest absolute Gasteiger partial charge is 0.247 e. The van der Waals surface area contributed by atoms with Crippen molar-refractivity contribution in [2.75, 3.05) is 11.9 Å². The highest BCUT2D eigenvalue weighted by Gasteiger charge is 2.30. The minimum absolute atomic E-state index is 0.0133. The summed E-state index contributed by atoms with van der Waals surface area (Å²) in [6.07, 6.45) is 7.07. The van der Waals surface area contributed by atoms with Gasteiger partial charge in [0.15, 0.2) is 0 Å². The molecule has 1 fully saturated rings. The predicted octanol–water partition coefficient (Wildman–Crippen LogP) is 3.65. The number of likely N-dealkylation sites (tertiary alicyclic amines) is 1. The molecule has 1 atom stereocenters. The van der Waals surface area contributed by atoms with Crippen LogP contribution in [0, 0.1) is 20.8 Å². The zero-order valence-electron chi connectivity index (χ0n) is 18.3. The highest BCUT2D eigenvalue weighted by atomic mass is 16.2. The average molecular weight is 418 g/mol. The molecule has 31 heavy (non-hydrogen) atoms. The zero-order chi connectivity index (χ0) is 22.0. The Morgan fingerprint density at radius 3 is 2.74 bits per heavy atom. The molecule has 8 heteroatoms. The lowest BCUT2D eigenvalue weighted by atomic mass is 10.1. The van der Waals surface area contributed by atoms with Gasteiger partial charge in [-0.25, -0.2) is 15.0 Å². The number of pyridine rings is 1. The van der Waals surface area contributed by atoms with Crippen LogP contribution in [-0.4, -0.2) is 42.1 Å². The van der Waals surface area contributed by atoms with Crippen LogP contribution in [0.2, 0.25) is 0 Å². The molecule has 1 N–H and O–H groups in total. The first-order chi connectivity index (χ1) is 14.9. The highest BCUT2D eigenvalue weighted by molar-refractivity contribution is 5.92. The van der Waals surface area contributed by atoms with E-state index in [1.165, 1.54) is 0 Å². The van der Waals surface area contributed by atoms with Crippen LogP contribution in [0.5, 0.6) is 0 Å². The summed E-state index contributed by atoms with van der Waals surface area (Å²) in [5, 5.41) is 7.64. The number of amides is 1. The van der Waals surface area contributed by atoms with E-state index in [0.29, 0.717) is 18.2 Å². The lowest BCUT2D eigenvalue weighted by Gasteiger charge is -2.23. The number of carbonyl (C=O) groups is 1. The van der Waals surface area contributed by atoms with Gasteiger partial charge in [-0.1, -0.05) is 6.07 Å². The second-order valence-electron chi connectivity index (χ2n) is 7.80. The zero-order valence-corrected chi connectivity index (χ0v) is 18.3. The minimum Gasteiger partial charge on any atom is -0.331 e. The normalized spacial score (nSPS) is 16.3. The third kappa shape index (κ3) is 4.47. The summed E-state index contributed by atoms with van der Waals surface area (Å²) in [5.41, 5.74) is 3.79. The molecular weight excluding hydrogens is 390 g/mol. The average Bonchev–Trinajstić information content (AvgIpc) is 3.32. The van der Waals surface area contributed by atoms with E-state index in [-0.39, 0.29) is 11.9 Å². The molecule has 4 rings (SSSR count). The quantitative estimate of drug-likeness (QED) is 0.638. The van der Waals surface area contributed by atoms with Crippen LogP contribution >= 0.6 is 0 Å². The minimum atomic E-state index is -0.0702. The number of hydrogen-bond acceptors (Lipinski definition) is 6. The Morgan fingerprint density at radius 1 is 1.19 bits per heavy atom. The van der Waals surface area contributed by atoms with Crippen LogP contribution in [-0.2, 0) is 11.8 Å². The third-order valence-corrected chi connectivity index (χ3v) is 5.61. The van der Waals surface area contributed by atoms with Crippen LogP contribution in [0.15, 0.2) is 36.5 Å². The van der Waals surface area contributed by atoms with E-state index in [0.717, 1.165) is 41.3 Å². The van der Waals surface area contributed by atoms with Gasteiger partial charge >= 0.3 is 0 Å². The van der Waals surface area contributed by atoms with Gasteiger partial charge in [0, 0.05) is 43.2 Å². The second kappa shape index (κ2) is 8.67. The van der Waals surface area contributed by atoms with Gasteiger partial charge < -0.3 is 10.2 Å². The van der Waals surface area contributed by atoms with Crippen LogP contribution in [0.4, 0.5) is 11.6 Å². The lowest BCUT2D eigenvalue weighted by molar-refractivity contribution is -0.126. The van der Waals surface area contributed by atoms with Crippen molar-refractivity contribution in [3.8, 4) is 0 Å². The Hall–Kier alpha value is -3.55. The number of nitrogens with one attached hydrogen (secondary N) is 1. The second-order valence-corrected chi connectivity index (χ2v) is 7.80. The summed E-state index contributed by atoms with van der Waals surface area (Å²) in [7, 11) is 1.91. The topological polar surface area (TPSA) is 88.8 Å². The number of anilines is 2. The van der Waals surface area contributed by atoms with Gasteiger partial charge in [-0.05, 0) is 51.8 Å². The van der Waals surface area contributed by atoms with E-state index in [9.17, 15) is 4.79 Å². The third-order valence-electron chi connectivity index (χ3n) is 5.61. The molecule has 0 saturated carbocycles. The number of aromatic nitrogens is 5. The largest absolute Gasteiger partial charge is 0.331 e. The number of carbonyl (C=O) groups excluding carboxylic acids is 1. The van der Waals surface area contributed by atoms with Crippen molar-refractivity contribution >= 4 is 23.6 Å². The van der Waals surface area contributed by atoms with Crippen LogP contribution in [0.1, 0.15) is 47.4 Å². The molecule has 4 heterocycles. The monoisotopic (exact) mass is 417 g/mol. The summed E-state index contributed by atoms with van der Waals surface area (Å²) in [6.45, 7) is 6.53. The van der Waals surface area contributed by atoms with E-state index in [4.69, 9.17) is 0 Å². The fraction of sp³-hybridized carbons (Fsp3) is 0.348. The molecule has 160 valence electrons. The Kier molecular flexibility index (Phi) is 5.79. The van der Waals surface area contributed by atoms with Gasteiger partial charge in [0.2, 0.25) is 5.91 Å². The summed E-state index contributed by atoms with van der Waals surface area (Å²) in [6, 6.07) is 7.51. The van der Waals surface area contributed by atoms with E-state index in [1.807, 2.05) is 67.7 Å². The van der Waals surface area contributed by atoms with Crippen molar-refractivity contribution in [1.82, 2.24) is 29.6 Å². The molecule has 1 aliphatic rings. The number of rotatable bonds is 5. The van der Waals surface area contributed by atoms with Crippen LogP contribution in [0.3, 0.4) is 0 Å². The molecule has 0 radical (unpaired) electrons. The summed E-state index contributed by atoms with van der Waals surface area (Å²) >= 11 is 0. The Balaban J connectivity index is 1.55. The van der Waals surface area contributed by atoms with Crippen molar-refractivity contribution < 1.29 is 4.79 Å². The fourth-order valence-corrected chi connectivity index (χ4v) is 4.01. The van der Waals surface area contributed by atoms with E-state index in [1.54, 1.807) is 12.3 Å². The standard InChI is InChI=1S/C23H27N7O/c1-15-18(16(2)29(4)28-15)10-11-23(31)30-13-7-8-20(30)19-14-22(26-17(3)25-19)27-21-9-5-6-12-24-21/h5-6,9-12,14,20H,7-8,13H2,1-4H3,(H,24,25,26,27). The summed E-state index contributed by atoms with van der Waals surface area (Å²) in [4.78, 5) is 28.3. The molecule has 3 aromatic heterocycles. The highest BCUT2D eigenvalue weighted by Crippen LogP contribution is 2.32. The molecule has 3 aromatic rings. The van der Waals surface area contributed by atoms with Crippen molar-refractivity contribution in [2.45, 2.75) is 39.7 Å². The van der Waals surface area contributed by atoms with Crippen molar-refractivity contribution in [2.24, 2.45) is 7.05 Å². The van der Waals surface area contributed by atoms with Gasteiger partial charge in [0.25, 0.3) is 0 Å². The molecule has 0 aromatic carbocycles. The number of aryl methyl sites for hydroxylation is 3. The van der Waals surface area contributed by atoms with Crippen molar-refractivity contribution in [3.63, 3.8) is 0 Å². The molecule has 0 aliphatic carbocycles. The first-order valence-electron chi connectivity index (χ1n) is 10.4. The van der Waals surface area contributed by atoms with Crippen LogP contribution in [0.25, 0.3) is 6.08 Å². The maximum absolute atomic E-state index is 13.0. The van der Waals surface area contributed by atoms with Crippen LogP contribution < -0.4 is 5.32 Å². The van der Waals surface area contributed by atoms with Crippen molar-refractivity contribution in [3.05, 3.63) is 65.0 Å². The maximum Gasteiger partial charge on any atom is 0.247 e. The SMILES string of the molecule is Cc1nc(Nc2ccccn2)cc(C2CCCN2C(=O)C=Cc2c(C)nn(C)c2C)n1. The van der Waals surface area contributed by atoms with Gasteiger partial charge in [-0.3, -0.25) is 9.48 Å². The predicted molar refractivity (Wildman–Crippen MR) is 120 cm³/mol. The molecule has 1 unspecified atom stereocenters. The molecule has 8 nitrogen and oxygen atoms in total. The summed E-state index contributed by atoms with van der Waals surface area (Å²) in [5.74, 6) is 2.04. The van der Waals surface area contributed by atoms with E-state index in [2.05, 4.69) is 25.4 Å². The summed E-state index contributed by atoms with van der Waals surface area (Å²) < 4.78 is 1.83. The first kappa shape index (κ1) is 20.7. The number of nitrogens with zero attached hydrogens (tertiary/aromatic N) is 6. The maximum atomic E-state index is 13.0. The lowest BCUT2D eigenvalue weighted by Crippen LogP contribution is -2.29. The molecular formula is C23H27N7O. The van der Waals surface area contributed by atoms with Gasteiger partial charge in [-0.2, -0.15) is 5.10 Å². The Bertz CT molecular complexity index is 1120. The van der Waals surface area contributed by atoms with Gasteiger partial charge in [0.05, 0.1) is 17.4 Å². The molecule has 1 aliphatic heterocycles. The molecule has 1 saturated heterocycles. The Labute approximate surface area is 182 Å². The van der Waals surface area contributed by atoms with Gasteiger partial charge in [-0.15, -0.1) is 0 Å². The Morgan fingerprint density at radius 2 is 2.03 bits per heavy atom. The van der Waals surface area contributed by atoms with Gasteiger partial charge in [0.1, 0.15) is 17.5 Å². The van der Waals surface area contributed by atoms with Crippen molar-refractivity contribution in [1.29, 1.82) is 0 Å². The molecule has 0 bridgehead atoms.